The molecule has 1 aromatic rings. The van der Waals surface area contributed by atoms with Crippen molar-refractivity contribution in [2.75, 3.05) is 6.61 Å². The number of carbonyl (C=O) groups is 1. The maximum Gasteiger partial charge on any atom is 0.434 e. The van der Waals surface area contributed by atoms with Gasteiger partial charge in [0.1, 0.15) is 0 Å². The van der Waals surface area contributed by atoms with E-state index in [9.17, 15) is 26.7 Å². The highest BCUT2D eigenvalue weighted by Gasteiger charge is 2.38. The summed E-state index contributed by atoms with van der Waals surface area (Å²) in [5.74, 6) is -1.33. The predicted octanol–water partition coefficient (Wildman–Crippen LogP) is 3.21. The Morgan fingerprint density at radius 3 is 2.50 bits per heavy atom. The van der Waals surface area contributed by atoms with Crippen LogP contribution >= 0.6 is 0 Å². The second-order valence-electron chi connectivity index (χ2n) is 3.18. The first-order valence-electron chi connectivity index (χ1n) is 4.79. The van der Waals surface area contributed by atoms with E-state index in [1.807, 2.05) is 0 Å². The molecule has 0 bridgehead atoms. The quantitative estimate of drug-likeness (QED) is 0.624. The summed E-state index contributed by atoms with van der Waals surface area (Å²) in [5.41, 5.74) is -3.32. The van der Waals surface area contributed by atoms with Gasteiger partial charge in [-0.05, 0) is 13.0 Å². The summed E-state index contributed by atoms with van der Waals surface area (Å²) in [4.78, 5) is 14.1. The summed E-state index contributed by atoms with van der Waals surface area (Å²) >= 11 is 0. The van der Waals surface area contributed by atoms with E-state index in [4.69, 9.17) is 0 Å². The number of carbonyl (C=O) groups excluding carboxylic acids is 1. The van der Waals surface area contributed by atoms with E-state index in [2.05, 4.69) is 9.72 Å². The summed E-state index contributed by atoms with van der Waals surface area (Å²) in [6, 6.07) is 0.443. The average Bonchev–Trinajstić information content (AvgIpc) is 2.27. The predicted molar refractivity (Wildman–Crippen MR) is 50.2 cm³/mol. The van der Waals surface area contributed by atoms with Gasteiger partial charge >= 0.3 is 12.1 Å². The van der Waals surface area contributed by atoms with Gasteiger partial charge in [-0.15, -0.1) is 0 Å². The Morgan fingerprint density at radius 2 is 2.06 bits per heavy atom. The number of ether oxygens (including phenoxy) is 1. The van der Waals surface area contributed by atoms with Crippen LogP contribution in [0.15, 0.2) is 12.3 Å². The van der Waals surface area contributed by atoms with Crippen molar-refractivity contribution in [1.82, 2.24) is 4.98 Å². The maximum absolute atomic E-state index is 12.5. The number of esters is 1. The van der Waals surface area contributed by atoms with Crippen molar-refractivity contribution in [3.05, 3.63) is 29.1 Å². The molecule has 0 aliphatic carbocycles. The van der Waals surface area contributed by atoms with Crippen LogP contribution in [-0.2, 0) is 10.9 Å². The number of pyridine rings is 1. The fourth-order valence-corrected chi connectivity index (χ4v) is 1.19. The van der Waals surface area contributed by atoms with Gasteiger partial charge in [0, 0.05) is 11.8 Å². The molecule has 0 atom stereocenters. The third-order valence-corrected chi connectivity index (χ3v) is 1.92. The van der Waals surface area contributed by atoms with Gasteiger partial charge in [-0.3, -0.25) is 4.98 Å². The van der Waals surface area contributed by atoms with Gasteiger partial charge in [0.2, 0.25) is 0 Å². The van der Waals surface area contributed by atoms with Gasteiger partial charge in [0.05, 0.1) is 12.2 Å². The lowest BCUT2D eigenvalue weighted by Crippen LogP contribution is -2.17. The number of hydrogen-bond acceptors (Lipinski definition) is 3. The molecule has 0 fully saturated rings. The van der Waals surface area contributed by atoms with Crippen molar-refractivity contribution in [2.24, 2.45) is 0 Å². The first-order valence-corrected chi connectivity index (χ1v) is 4.79. The molecule has 0 amide bonds. The number of nitrogens with zero attached hydrogens (tertiary/aromatic N) is 1. The molecule has 8 heteroatoms. The zero-order valence-electron chi connectivity index (χ0n) is 9.09. The molecule has 0 radical (unpaired) electrons. The van der Waals surface area contributed by atoms with Crippen LogP contribution in [0.2, 0.25) is 0 Å². The lowest BCUT2D eigenvalue weighted by atomic mass is 10.1. The number of rotatable bonds is 3. The van der Waals surface area contributed by atoms with Crippen LogP contribution in [0.25, 0.3) is 0 Å². The zero-order chi connectivity index (χ0) is 13.9. The monoisotopic (exact) mass is 269 g/mol. The van der Waals surface area contributed by atoms with Crippen molar-refractivity contribution in [2.45, 2.75) is 19.5 Å². The summed E-state index contributed by atoms with van der Waals surface area (Å²) in [7, 11) is 0. The van der Waals surface area contributed by atoms with Gasteiger partial charge in [0.15, 0.2) is 5.69 Å². The van der Waals surface area contributed by atoms with Gasteiger partial charge in [-0.25, -0.2) is 13.6 Å². The van der Waals surface area contributed by atoms with E-state index in [-0.39, 0.29) is 6.61 Å². The number of aromatic nitrogens is 1. The molecule has 1 rings (SSSR count). The maximum atomic E-state index is 12.5. The summed E-state index contributed by atoms with van der Waals surface area (Å²) in [6.07, 6.45) is -7.55. The smallest absolute Gasteiger partial charge is 0.434 e. The van der Waals surface area contributed by atoms with E-state index in [1.165, 1.54) is 6.92 Å². The van der Waals surface area contributed by atoms with E-state index in [0.717, 1.165) is 0 Å². The van der Waals surface area contributed by atoms with Gasteiger partial charge in [-0.2, -0.15) is 13.2 Å². The van der Waals surface area contributed by atoms with E-state index < -0.39 is 35.4 Å². The molecule has 3 nitrogen and oxygen atoms in total. The molecular formula is C10H8F5NO2. The minimum atomic E-state index is -4.91. The molecule has 18 heavy (non-hydrogen) atoms. The lowest BCUT2D eigenvalue weighted by Gasteiger charge is -2.12. The lowest BCUT2D eigenvalue weighted by molar-refractivity contribution is -0.141. The Kier molecular flexibility index (Phi) is 4.20. The highest BCUT2D eigenvalue weighted by atomic mass is 19.4. The molecule has 0 aliphatic heterocycles. The van der Waals surface area contributed by atoms with Crippen LogP contribution in [-0.4, -0.2) is 17.6 Å². The first kappa shape index (κ1) is 14.3. The molecule has 0 saturated heterocycles. The highest BCUT2D eigenvalue weighted by molar-refractivity contribution is 5.91. The Hall–Kier alpha value is -1.73. The van der Waals surface area contributed by atoms with Crippen LogP contribution in [0.5, 0.6) is 0 Å². The minimum absolute atomic E-state index is 0.172. The van der Waals surface area contributed by atoms with Crippen LogP contribution < -0.4 is 0 Å². The van der Waals surface area contributed by atoms with Crippen molar-refractivity contribution in [3.63, 3.8) is 0 Å². The van der Waals surface area contributed by atoms with Crippen molar-refractivity contribution >= 4 is 5.97 Å². The Balaban J connectivity index is 3.31. The molecule has 0 unspecified atom stereocenters. The third-order valence-electron chi connectivity index (χ3n) is 1.92. The normalized spacial score (nSPS) is 11.7. The Labute approximate surface area is 98.6 Å². The second-order valence-corrected chi connectivity index (χ2v) is 3.18. The van der Waals surface area contributed by atoms with Crippen molar-refractivity contribution < 1.29 is 31.5 Å². The highest BCUT2D eigenvalue weighted by Crippen LogP contribution is 2.32. The first-order chi connectivity index (χ1) is 8.27. The van der Waals surface area contributed by atoms with Gasteiger partial charge < -0.3 is 4.74 Å². The molecule has 0 spiro atoms. The third kappa shape index (κ3) is 3.14. The van der Waals surface area contributed by atoms with Crippen LogP contribution in [0.3, 0.4) is 0 Å². The number of halogens is 5. The molecule has 0 aromatic carbocycles. The van der Waals surface area contributed by atoms with E-state index >= 15 is 0 Å². The standard InChI is InChI=1S/C10H8F5NO2/c1-2-18-9(17)6-3-5(8(11)12)4-16-7(6)10(13,14)15/h3-4,8H,2H2,1H3. The second kappa shape index (κ2) is 5.28. The molecule has 0 saturated carbocycles. The van der Waals surface area contributed by atoms with E-state index in [0.29, 0.717) is 12.3 Å². The fourth-order valence-electron chi connectivity index (χ4n) is 1.19. The fraction of sp³-hybridized carbons (Fsp3) is 0.400. The molecule has 0 aliphatic rings. The number of alkyl halides is 5. The zero-order valence-corrected chi connectivity index (χ0v) is 9.09. The topological polar surface area (TPSA) is 39.2 Å². The van der Waals surface area contributed by atoms with Gasteiger partial charge in [0.25, 0.3) is 6.43 Å². The Bertz CT molecular complexity index is 444. The molecule has 1 heterocycles. The summed E-state index contributed by atoms with van der Waals surface area (Å²) in [6.45, 7) is 1.21. The summed E-state index contributed by atoms with van der Waals surface area (Å²) in [5, 5.41) is 0. The van der Waals surface area contributed by atoms with Crippen LogP contribution in [0, 0.1) is 0 Å². The molecule has 0 N–H and O–H groups in total. The van der Waals surface area contributed by atoms with Gasteiger partial charge in [-0.1, -0.05) is 0 Å². The SMILES string of the molecule is CCOC(=O)c1cc(C(F)F)cnc1C(F)(F)F. The molecule has 100 valence electrons. The summed E-state index contributed by atoms with van der Waals surface area (Å²) < 4.78 is 66.6. The van der Waals surface area contributed by atoms with Crippen molar-refractivity contribution in [1.29, 1.82) is 0 Å². The Morgan fingerprint density at radius 1 is 1.44 bits per heavy atom. The van der Waals surface area contributed by atoms with Crippen LogP contribution in [0.4, 0.5) is 22.0 Å². The largest absolute Gasteiger partial charge is 0.462 e. The number of hydrogen-bond donors (Lipinski definition) is 0. The van der Waals surface area contributed by atoms with E-state index in [1.54, 1.807) is 0 Å². The molecule has 1 aromatic heterocycles. The van der Waals surface area contributed by atoms with Crippen LogP contribution in [0.1, 0.15) is 35.0 Å². The van der Waals surface area contributed by atoms with Crippen molar-refractivity contribution in [3.8, 4) is 0 Å². The minimum Gasteiger partial charge on any atom is -0.462 e. The average molecular weight is 269 g/mol. The molecular weight excluding hydrogens is 261 g/mol.